The average Bonchev–Trinajstić information content (AvgIpc) is 3.07. The van der Waals surface area contributed by atoms with Crippen molar-refractivity contribution in [2.45, 2.75) is 37.8 Å². The number of fused-ring (bicyclic) bond motifs is 2. The third-order valence-electron chi connectivity index (χ3n) is 6.13. The predicted molar refractivity (Wildman–Crippen MR) is 105 cm³/mol. The molecule has 2 aromatic carbocycles. The van der Waals surface area contributed by atoms with E-state index in [2.05, 4.69) is 0 Å². The molecule has 2 aromatic rings. The third-order valence-corrected chi connectivity index (χ3v) is 6.13. The number of likely N-dealkylation sites (N-methyl/N-ethyl adjacent to an activating group) is 1. The smallest absolute Gasteiger partial charge is 0.246 e. The molecule has 0 saturated heterocycles. The van der Waals surface area contributed by atoms with E-state index < -0.39 is 41.1 Å². The zero-order valence-electron chi connectivity index (χ0n) is 16.8. The Balaban J connectivity index is 1.53. The number of halogens is 4. The van der Waals surface area contributed by atoms with Crippen LogP contribution in [-0.2, 0) is 22.6 Å². The Hall–Kier alpha value is -2.94. The Morgan fingerprint density at radius 3 is 2.35 bits per heavy atom. The molecule has 0 saturated carbocycles. The normalized spacial score (nSPS) is 19.2. The molecule has 1 aliphatic carbocycles. The molecule has 9 heteroatoms. The monoisotopic (exact) mass is 435 g/mol. The Morgan fingerprint density at radius 2 is 1.65 bits per heavy atom. The molecule has 0 unspecified atom stereocenters. The van der Waals surface area contributed by atoms with E-state index in [4.69, 9.17) is 5.73 Å². The van der Waals surface area contributed by atoms with Gasteiger partial charge in [-0.2, -0.15) is 0 Å². The molecule has 0 fully saturated rings. The van der Waals surface area contributed by atoms with Crippen molar-refractivity contribution in [3.05, 3.63) is 64.2 Å². The number of rotatable bonds is 3. The largest absolute Gasteiger partial charge is 0.329 e. The summed E-state index contributed by atoms with van der Waals surface area (Å²) < 4.78 is 54.6. The van der Waals surface area contributed by atoms with E-state index >= 15 is 0 Å². The summed E-state index contributed by atoms with van der Waals surface area (Å²) >= 11 is 0. The number of carbonyl (C=O) groups excluding carboxylic acids is 2. The van der Waals surface area contributed by atoms with Crippen LogP contribution in [0.5, 0.6) is 0 Å². The van der Waals surface area contributed by atoms with E-state index in [1.807, 2.05) is 0 Å². The minimum atomic E-state index is -1.08. The van der Waals surface area contributed by atoms with Crippen LogP contribution in [0.2, 0.25) is 0 Å². The lowest BCUT2D eigenvalue weighted by molar-refractivity contribution is -0.135. The van der Waals surface area contributed by atoms with Gasteiger partial charge in [-0.1, -0.05) is 0 Å². The minimum absolute atomic E-state index is 0.0741. The molecule has 0 radical (unpaired) electrons. The standard InChI is InChI=1S/C22H21F4N3O2/c1-28-20-7-18(26)16(24)5-12(20)9-29(10-22(28)31)21(30)8-19(27)13-3-2-11-4-15(23)17(25)6-14(11)13/h4-7,13,19H,2-3,8-10,27H2,1H3/t13-,19-/m0/s1. The second kappa shape index (κ2) is 7.96. The number of amides is 2. The van der Waals surface area contributed by atoms with E-state index in [0.29, 0.717) is 29.5 Å². The van der Waals surface area contributed by atoms with Crippen LogP contribution in [0.25, 0.3) is 0 Å². The van der Waals surface area contributed by atoms with Gasteiger partial charge in [-0.25, -0.2) is 17.6 Å². The summed E-state index contributed by atoms with van der Waals surface area (Å²) in [4.78, 5) is 27.9. The van der Waals surface area contributed by atoms with Crippen LogP contribution in [0, 0.1) is 23.3 Å². The second-order valence-corrected chi connectivity index (χ2v) is 8.08. The van der Waals surface area contributed by atoms with Crippen LogP contribution >= 0.6 is 0 Å². The summed E-state index contributed by atoms with van der Waals surface area (Å²) in [6.07, 6.45) is 0.963. The fourth-order valence-electron chi connectivity index (χ4n) is 4.41. The summed E-state index contributed by atoms with van der Waals surface area (Å²) in [6, 6.07) is 3.53. The fraction of sp³-hybridized carbons (Fsp3) is 0.364. The molecule has 0 spiro atoms. The van der Waals surface area contributed by atoms with Gasteiger partial charge in [0, 0.05) is 38.0 Å². The number of benzene rings is 2. The van der Waals surface area contributed by atoms with Gasteiger partial charge < -0.3 is 15.5 Å². The van der Waals surface area contributed by atoms with Crippen LogP contribution < -0.4 is 10.6 Å². The predicted octanol–water partition coefficient (Wildman–Crippen LogP) is 3.00. The van der Waals surface area contributed by atoms with Crippen LogP contribution in [0.15, 0.2) is 24.3 Å². The lowest BCUT2D eigenvalue weighted by Crippen LogP contribution is -2.41. The number of aryl methyl sites for hydroxylation is 1. The number of hydrogen-bond donors (Lipinski definition) is 1. The summed E-state index contributed by atoms with van der Waals surface area (Å²) in [7, 11) is 1.43. The number of nitrogens with two attached hydrogens (primary N) is 1. The molecule has 31 heavy (non-hydrogen) atoms. The van der Waals surface area contributed by atoms with E-state index in [9.17, 15) is 27.2 Å². The molecule has 0 bridgehead atoms. The summed E-state index contributed by atoms with van der Waals surface area (Å²) in [5.41, 5.74) is 8.03. The van der Waals surface area contributed by atoms with Crippen molar-refractivity contribution in [3.63, 3.8) is 0 Å². The maximum Gasteiger partial charge on any atom is 0.246 e. The topological polar surface area (TPSA) is 66.6 Å². The molecule has 2 N–H and O–H groups in total. The lowest BCUT2D eigenvalue weighted by Gasteiger charge is -2.25. The average molecular weight is 435 g/mol. The molecular weight excluding hydrogens is 414 g/mol. The second-order valence-electron chi connectivity index (χ2n) is 8.08. The summed E-state index contributed by atoms with van der Waals surface area (Å²) in [5.74, 6) is -5.22. The van der Waals surface area contributed by atoms with E-state index in [0.717, 1.165) is 24.3 Å². The quantitative estimate of drug-likeness (QED) is 0.754. The maximum atomic E-state index is 13.7. The summed E-state index contributed by atoms with van der Waals surface area (Å²) in [5, 5.41) is 0. The highest BCUT2D eigenvalue weighted by atomic mass is 19.2. The molecule has 1 aliphatic heterocycles. The number of carbonyl (C=O) groups is 2. The molecule has 164 valence electrons. The third kappa shape index (κ3) is 3.89. The Bertz CT molecular complexity index is 1080. The Morgan fingerprint density at radius 1 is 1.03 bits per heavy atom. The van der Waals surface area contributed by atoms with Crippen molar-refractivity contribution in [1.29, 1.82) is 0 Å². The van der Waals surface area contributed by atoms with Gasteiger partial charge in [-0.3, -0.25) is 9.59 Å². The molecule has 2 amide bonds. The van der Waals surface area contributed by atoms with Gasteiger partial charge in [0.2, 0.25) is 11.8 Å². The van der Waals surface area contributed by atoms with Gasteiger partial charge in [0.25, 0.3) is 0 Å². The van der Waals surface area contributed by atoms with Crippen molar-refractivity contribution >= 4 is 17.5 Å². The highest BCUT2D eigenvalue weighted by Crippen LogP contribution is 2.37. The van der Waals surface area contributed by atoms with Crippen LogP contribution in [0.1, 0.15) is 35.4 Å². The number of hydrogen-bond acceptors (Lipinski definition) is 3. The maximum absolute atomic E-state index is 13.7. The zero-order chi connectivity index (χ0) is 22.4. The van der Waals surface area contributed by atoms with Gasteiger partial charge >= 0.3 is 0 Å². The van der Waals surface area contributed by atoms with Crippen LogP contribution in [0.3, 0.4) is 0 Å². The van der Waals surface area contributed by atoms with Crippen molar-refractivity contribution in [2.75, 3.05) is 18.5 Å². The minimum Gasteiger partial charge on any atom is -0.329 e. The van der Waals surface area contributed by atoms with Gasteiger partial charge in [-0.15, -0.1) is 0 Å². The van der Waals surface area contributed by atoms with Crippen molar-refractivity contribution in [1.82, 2.24) is 4.90 Å². The Kier molecular flexibility index (Phi) is 5.47. The number of nitrogens with zero attached hydrogens (tertiary/aromatic N) is 2. The molecule has 4 rings (SSSR count). The molecule has 1 heterocycles. The number of anilines is 1. The van der Waals surface area contributed by atoms with Crippen molar-refractivity contribution < 1.29 is 27.2 Å². The van der Waals surface area contributed by atoms with Gasteiger partial charge in [0.05, 0.1) is 5.69 Å². The first-order chi connectivity index (χ1) is 14.7. The van der Waals surface area contributed by atoms with E-state index in [-0.39, 0.29) is 31.1 Å². The summed E-state index contributed by atoms with van der Waals surface area (Å²) in [6.45, 7) is -0.337. The SMILES string of the molecule is CN1C(=O)CN(C(=O)C[C@H](N)[C@H]2CCc3cc(F)c(F)cc32)Cc2cc(F)c(F)cc21. The molecule has 0 aromatic heterocycles. The zero-order valence-corrected chi connectivity index (χ0v) is 16.8. The molecular formula is C22H21F4N3O2. The molecule has 5 nitrogen and oxygen atoms in total. The van der Waals surface area contributed by atoms with Crippen molar-refractivity contribution in [2.24, 2.45) is 5.73 Å². The highest BCUT2D eigenvalue weighted by Gasteiger charge is 2.33. The first-order valence-electron chi connectivity index (χ1n) is 9.91. The van der Waals surface area contributed by atoms with Gasteiger partial charge in [0.1, 0.15) is 6.54 Å². The lowest BCUT2D eigenvalue weighted by atomic mass is 9.91. The van der Waals surface area contributed by atoms with E-state index in [1.165, 1.54) is 16.8 Å². The first kappa shape index (κ1) is 21.3. The molecule has 2 atom stereocenters. The Labute approximate surface area is 176 Å². The highest BCUT2D eigenvalue weighted by molar-refractivity contribution is 5.98. The molecule has 2 aliphatic rings. The van der Waals surface area contributed by atoms with Gasteiger partial charge in [-0.05, 0) is 47.7 Å². The van der Waals surface area contributed by atoms with Crippen LogP contribution in [0.4, 0.5) is 23.2 Å². The van der Waals surface area contributed by atoms with Gasteiger partial charge in [0.15, 0.2) is 23.3 Å². The van der Waals surface area contributed by atoms with E-state index in [1.54, 1.807) is 0 Å². The van der Waals surface area contributed by atoms with Crippen molar-refractivity contribution in [3.8, 4) is 0 Å². The fourth-order valence-corrected chi connectivity index (χ4v) is 4.41. The van der Waals surface area contributed by atoms with Crippen LogP contribution in [-0.4, -0.2) is 36.3 Å². The first-order valence-corrected chi connectivity index (χ1v) is 9.91.